The summed E-state index contributed by atoms with van der Waals surface area (Å²) in [6.07, 6.45) is 38.3. The van der Waals surface area contributed by atoms with E-state index in [-0.39, 0.29) is 67.5 Å². The smallest absolute Gasteiger partial charge is 1.00 e. The number of ketones is 1. The largest absolute Gasteiger partial charge is 1.00 e. The van der Waals surface area contributed by atoms with E-state index in [0.29, 0.717) is 75.8 Å². The van der Waals surface area contributed by atoms with Crippen molar-refractivity contribution in [3.63, 3.8) is 0 Å². The van der Waals surface area contributed by atoms with Crippen molar-refractivity contribution in [2.24, 2.45) is 85.8 Å². The van der Waals surface area contributed by atoms with E-state index in [0.717, 1.165) is 82.0 Å². The van der Waals surface area contributed by atoms with Crippen LogP contribution >= 0.6 is 0 Å². The van der Waals surface area contributed by atoms with Crippen LogP contribution in [-0.2, 0) is 9.53 Å². The number of aliphatic hydroxyl groups excluding tert-OH is 1. The van der Waals surface area contributed by atoms with E-state index < -0.39 is 11.2 Å². The Hall–Kier alpha value is -0.205. The Bertz CT molecular complexity index is 2150. The molecule has 71 heavy (non-hydrogen) atoms. The molecule has 2 aliphatic heterocycles. The Kier molecular flexibility index (Phi) is 14.7. The van der Waals surface area contributed by atoms with Crippen LogP contribution in [0.25, 0.3) is 0 Å². The molecule has 7 heteroatoms. The molecule has 5 nitrogen and oxygen atoms in total. The number of hydrogen-bond donors (Lipinski definition) is 3. The summed E-state index contributed by atoms with van der Waals surface area (Å²) >= 11 is 0. The van der Waals surface area contributed by atoms with Crippen LogP contribution < -0.4 is 29.6 Å². The molecule has 391 valence electrons. The Morgan fingerprint density at radius 2 is 0.958 bits per heavy atom. The maximum Gasteiger partial charge on any atom is 1.00 e. The molecule has 14 rings (SSSR count). The number of allylic oxidation sites excluding steroid dienone is 6. The summed E-state index contributed by atoms with van der Waals surface area (Å²) in [5.41, 5.74) is 6.01. The average Bonchev–Trinajstić information content (AvgIpc) is 3.97. The number of rotatable bonds is 0. The number of carbonyl (C=O) groups is 1. The normalized spacial score (nSPS) is 56.5. The SMILES string of the molecule is C/C=C1/CCC2C3CC[C@@H]4CC(=O)CC[C@]4(C)[C@@]3(O)CC[C@]12C.C/C=C1/CCC2C3CC[C@@H]4C[C@H](O)CC[C@]4(C)[C@@]3(O)CC[C@]12C.C/C=C1/CCC2C3CC[C@@H]4C[C@]5(C)CC[C@]4(C)[C@]3(CC[C@]12C)O5.[B].[H-].[Na+]. The van der Waals surface area contributed by atoms with Crippen molar-refractivity contribution in [3.8, 4) is 0 Å². The second-order valence-corrected chi connectivity index (χ2v) is 29.2. The maximum absolute atomic E-state index is 12.0. The van der Waals surface area contributed by atoms with Gasteiger partial charge in [-0.1, -0.05) is 76.5 Å². The third kappa shape index (κ3) is 7.57. The van der Waals surface area contributed by atoms with Gasteiger partial charge in [0.15, 0.2) is 0 Å². The standard InChI is InChI=1S/C22H34O.C21H34O2.C21H32O2.B.Na.H/c1-5-15-6-8-17-18-9-7-16-14-19(2)10-12-21(16,4)22(18,23-19)13-11-20(15,17)3;2*1-4-14-5-7-17-18-8-6-15-13-16(22)9-10-20(15,3)21(18,23)12-11-19(14,17)2;;;/h5,16-18H,6-14H2,1-4H3;4,15-18,22-23H,5-13H2,1-3H3;4,15,17-18,23H,5-13H2,1-3H3;;;/q;;;;+1;-1/b15-5-;2*14-4-;;;/t16-,17?,18?,19+,20-,21+,22-;15-,16-,17?,18?,19-,20+,21-;15-,17?,18?,19-,20+,21-;;;/m111.../s1. The molecule has 12 saturated carbocycles. The molecule has 2 saturated heterocycles. The summed E-state index contributed by atoms with van der Waals surface area (Å²) in [6, 6.07) is 0. The van der Waals surface area contributed by atoms with Gasteiger partial charge in [0.2, 0.25) is 0 Å². The predicted molar refractivity (Wildman–Crippen MR) is 286 cm³/mol. The molecular formula is C64H101BNaO5. The maximum atomic E-state index is 12.0. The minimum atomic E-state index is -0.538. The van der Waals surface area contributed by atoms with Gasteiger partial charge in [-0.25, -0.2) is 0 Å². The summed E-state index contributed by atoms with van der Waals surface area (Å²) < 4.78 is 7.14. The van der Waals surface area contributed by atoms with Gasteiger partial charge in [0.1, 0.15) is 5.78 Å². The second kappa shape index (κ2) is 18.7. The number of ether oxygens (including phenoxy) is 1. The fourth-order valence-corrected chi connectivity index (χ4v) is 23.2. The Morgan fingerprint density at radius 3 is 1.49 bits per heavy atom. The van der Waals surface area contributed by atoms with E-state index in [4.69, 9.17) is 4.74 Å². The third-order valence-corrected chi connectivity index (χ3v) is 27.6. The quantitative estimate of drug-likeness (QED) is 0.166. The molecule has 14 fully saturated rings. The molecular weight excluding hydrogens is 883 g/mol. The first-order valence-electron chi connectivity index (χ1n) is 29.9. The van der Waals surface area contributed by atoms with Crippen LogP contribution in [0.3, 0.4) is 0 Å². The first-order valence-corrected chi connectivity index (χ1v) is 29.9. The number of carbonyl (C=O) groups excluding carboxylic acids is 1. The summed E-state index contributed by atoms with van der Waals surface area (Å²) in [6.45, 7) is 23.9. The van der Waals surface area contributed by atoms with Gasteiger partial charge in [-0.2, -0.15) is 0 Å². The fraction of sp³-hybridized carbons (Fsp3) is 0.891. The van der Waals surface area contributed by atoms with Crippen LogP contribution in [0.2, 0.25) is 0 Å². The predicted octanol–water partition coefficient (Wildman–Crippen LogP) is 11.7. The molecule has 3 N–H and O–H groups in total. The molecule has 2 heterocycles. The van der Waals surface area contributed by atoms with E-state index in [1.165, 1.54) is 96.3 Å². The van der Waals surface area contributed by atoms with Crippen LogP contribution in [0.4, 0.5) is 0 Å². The summed E-state index contributed by atoms with van der Waals surface area (Å²) in [5, 5.41) is 34.0. The monoisotopic (exact) mass is 984 g/mol. The van der Waals surface area contributed by atoms with Crippen LogP contribution in [0.15, 0.2) is 34.9 Å². The number of hydrogen-bond acceptors (Lipinski definition) is 5. The molecule has 1 spiro atoms. The molecule has 4 bridgehead atoms. The van der Waals surface area contributed by atoms with Gasteiger partial charge in [0, 0.05) is 26.7 Å². The number of Topliss-reactive ketones (excluding diaryl/α,β-unsaturated/α-hetero) is 1. The van der Waals surface area contributed by atoms with Crippen molar-refractivity contribution >= 4 is 14.2 Å². The van der Waals surface area contributed by atoms with Crippen LogP contribution in [0.1, 0.15) is 244 Å². The third-order valence-electron chi connectivity index (χ3n) is 27.6. The zero-order chi connectivity index (χ0) is 49.0. The van der Waals surface area contributed by atoms with Crippen molar-refractivity contribution in [3.05, 3.63) is 34.9 Å². The molecule has 12 aliphatic carbocycles. The zero-order valence-electron chi connectivity index (χ0n) is 48.3. The second-order valence-electron chi connectivity index (χ2n) is 29.2. The minimum Gasteiger partial charge on any atom is -1.00 e. The Morgan fingerprint density at radius 1 is 0.493 bits per heavy atom. The summed E-state index contributed by atoms with van der Waals surface area (Å²) in [7, 11) is 0. The van der Waals surface area contributed by atoms with Gasteiger partial charge in [0.25, 0.3) is 0 Å². The van der Waals surface area contributed by atoms with Gasteiger partial charge < -0.3 is 21.5 Å². The van der Waals surface area contributed by atoms with E-state index in [1.807, 2.05) is 0 Å². The average molecular weight is 984 g/mol. The minimum absolute atomic E-state index is 0. The molecule has 0 amide bonds. The van der Waals surface area contributed by atoms with Crippen molar-refractivity contribution in [2.45, 2.75) is 271 Å². The molecule has 0 aromatic rings. The number of fused-ring (bicyclic) bond motifs is 13. The topological polar surface area (TPSA) is 87.0 Å². The van der Waals surface area contributed by atoms with E-state index in [2.05, 4.69) is 87.5 Å². The summed E-state index contributed by atoms with van der Waals surface area (Å²) in [4.78, 5) is 12.0. The molecule has 6 unspecified atom stereocenters. The van der Waals surface area contributed by atoms with Gasteiger partial charge in [-0.05, 0) is 269 Å². The van der Waals surface area contributed by atoms with Crippen molar-refractivity contribution in [2.75, 3.05) is 0 Å². The van der Waals surface area contributed by atoms with Crippen molar-refractivity contribution in [1.29, 1.82) is 0 Å². The number of aliphatic hydroxyl groups is 3. The molecule has 3 radical (unpaired) electrons. The summed E-state index contributed by atoms with van der Waals surface area (Å²) in [5.74, 6) is 6.19. The van der Waals surface area contributed by atoms with Crippen LogP contribution in [0.5, 0.6) is 0 Å². The van der Waals surface area contributed by atoms with Gasteiger partial charge in [-0.15, -0.1) is 0 Å². The van der Waals surface area contributed by atoms with Crippen molar-refractivity contribution < 1.29 is 55.8 Å². The van der Waals surface area contributed by atoms with E-state index in [9.17, 15) is 20.1 Å². The van der Waals surface area contributed by atoms with Crippen LogP contribution in [-0.4, -0.2) is 58.0 Å². The van der Waals surface area contributed by atoms with Crippen molar-refractivity contribution in [1.82, 2.24) is 0 Å². The van der Waals surface area contributed by atoms with Gasteiger partial charge in [-0.3, -0.25) is 4.79 Å². The van der Waals surface area contributed by atoms with Gasteiger partial charge in [0.05, 0.1) is 28.5 Å². The molecule has 20 atom stereocenters. The first kappa shape index (κ1) is 55.5. The molecule has 14 aliphatic rings. The van der Waals surface area contributed by atoms with E-state index in [1.54, 1.807) is 16.7 Å². The fourth-order valence-electron chi connectivity index (χ4n) is 23.2. The van der Waals surface area contributed by atoms with Gasteiger partial charge >= 0.3 is 29.6 Å². The Balaban J connectivity index is 0.000000142. The zero-order valence-corrected chi connectivity index (χ0v) is 49.3. The van der Waals surface area contributed by atoms with Crippen LogP contribution in [0, 0.1) is 85.8 Å². The molecule has 0 aromatic carbocycles. The first-order chi connectivity index (χ1) is 32.6. The Labute approximate surface area is 458 Å². The molecule has 0 aromatic heterocycles. The van der Waals surface area contributed by atoms with E-state index >= 15 is 0 Å².